The number of hydrogen-bond acceptors (Lipinski definition) is 6. The van der Waals surface area contributed by atoms with Crippen LogP contribution in [0.25, 0.3) is 0 Å². The van der Waals surface area contributed by atoms with Gasteiger partial charge in [-0.3, -0.25) is 10.1 Å². The van der Waals surface area contributed by atoms with Gasteiger partial charge < -0.3 is 14.8 Å². The molecule has 1 N–H and O–H groups in total. The van der Waals surface area contributed by atoms with Gasteiger partial charge in [0.2, 0.25) is 0 Å². The lowest BCUT2D eigenvalue weighted by molar-refractivity contribution is -0.386. The summed E-state index contributed by atoms with van der Waals surface area (Å²) in [6.07, 6.45) is 0.740. The van der Waals surface area contributed by atoms with Gasteiger partial charge in [-0.25, -0.2) is 4.68 Å². The molecule has 2 rings (SSSR count). The van der Waals surface area contributed by atoms with Crippen molar-refractivity contribution in [1.29, 1.82) is 0 Å². The maximum absolute atomic E-state index is 11.1. The molecule has 1 aromatic rings. The van der Waals surface area contributed by atoms with Crippen molar-refractivity contribution < 1.29 is 14.4 Å². The number of aryl methyl sites for hydroxylation is 2. The summed E-state index contributed by atoms with van der Waals surface area (Å²) in [5.41, 5.74) is 0.323. The van der Waals surface area contributed by atoms with Gasteiger partial charge in [-0.05, 0) is 13.3 Å². The minimum absolute atomic E-state index is 0.0535. The molecular weight excluding hydrogens is 264 g/mol. The van der Waals surface area contributed by atoms with Crippen molar-refractivity contribution in [2.75, 3.05) is 26.3 Å². The monoisotopic (exact) mass is 284 g/mol. The molecule has 1 aromatic heterocycles. The Bertz CT molecular complexity index is 468. The van der Waals surface area contributed by atoms with Crippen LogP contribution in [0, 0.1) is 17.0 Å². The predicted molar refractivity (Wildman–Crippen MR) is 72.0 cm³/mol. The molecule has 1 aliphatic rings. The fourth-order valence-electron chi connectivity index (χ4n) is 2.17. The van der Waals surface area contributed by atoms with Crippen molar-refractivity contribution in [1.82, 2.24) is 15.1 Å². The normalized spacial score (nSPS) is 19.0. The zero-order valence-electron chi connectivity index (χ0n) is 11.8. The van der Waals surface area contributed by atoms with Gasteiger partial charge in [-0.2, -0.15) is 5.10 Å². The molecule has 0 aromatic carbocycles. The first-order valence-electron chi connectivity index (χ1n) is 6.80. The quantitative estimate of drug-likeness (QED) is 0.616. The van der Waals surface area contributed by atoms with Crippen molar-refractivity contribution in [2.24, 2.45) is 0 Å². The highest BCUT2D eigenvalue weighted by molar-refractivity contribution is 5.45. The van der Waals surface area contributed by atoms with Crippen LogP contribution in [0.15, 0.2) is 0 Å². The smallest absolute Gasteiger partial charge is 0.353 e. The zero-order chi connectivity index (χ0) is 14.5. The van der Waals surface area contributed by atoms with Crippen LogP contribution >= 0.6 is 0 Å². The van der Waals surface area contributed by atoms with Crippen LogP contribution in [0.2, 0.25) is 0 Å². The molecule has 0 spiro atoms. The molecular formula is C12H20N4O4. The summed E-state index contributed by atoms with van der Waals surface area (Å²) >= 11 is 0. The summed E-state index contributed by atoms with van der Waals surface area (Å²) in [6, 6.07) is 0. The molecule has 1 atom stereocenters. The van der Waals surface area contributed by atoms with Crippen LogP contribution in [0.3, 0.4) is 0 Å². The third-order valence-corrected chi connectivity index (χ3v) is 3.08. The lowest BCUT2D eigenvalue weighted by atomic mass is 10.3. The Hall–Kier alpha value is -1.67. The SMILES string of the molecule is CCCn1nc(C)c([N+](=O)[O-])c1OCC1CNCCO1. The molecule has 0 amide bonds. The Morgan fingerprint density at radius 3 is 3.05 bits per heavy atom. The number of nitrogens with one attached hydrogen (secondary N) is 1. The Kier molecular flexibility index (Phi) is 4.91. The van der Waals surface area contributed by atoms with Gasteiger partial charge in [0.25, 0.3) is 5.88 Å². The van der Waals surface area contributed by atoms with Crippen molar-refractivity contribution in [3.63, 3.8) is 0 Å². The van der Waals surface area contributed by atoms with E-state index in [1.54, 1.807) is 11.6 Å². The number of nitro groups is 1. The first-order valence-corrected chi connectivity index (χ1v) is 6.80. The summed E-state index contributed by atoms with van der Waals surface area (Å²) in [7, 11) is 0. The van der Waals surface area contributed by atoms with Gasteiger partial charge in [-0.15, -0.1) is 0 Å². The lowest BCUT2D eigenvalue weighted by Crippen LogP contribution is -2.41. The number of rotatable bonds is 6. The fourth-order valence-corrected chi connectivity index (χ4v) is 2.17. The second kappa shape index (κ2) is 6.67. The summed E-state index contributed by atoms with van der Waals surface area (Å²) < 4.78 is 12.7. The zero-order valence-corrected chi connectivity index (χ0v) is 11.8. The molecule has 8 heteroatoms. The third kappa shape index (κ3) is 3.26. The number of morpholine rings is 1. The highest BCUT2D eigenvalue weighted by atomic mass is 16.6. The summed E-state index contributed by atoms with van der Waals surface area (Å²) in [5, 5.41) is 18.5. The van der Waals surface area contributed by atoms with E-state index in [2.05, 4.69) is 10.4 Å². The van der Waals surface area contributed by atoms with E-state index < -0.39 is 4.92 Å². The lowest BCUT2D eigenvalue weighted by Gasteiger charge is -2.23. The van der Waals surface area contributed by atoms with Crippen LogP contribution in [-0.4, -0.2) is 47.1 Å². The van der Waals surface area contributed by atoms with E-state index in [1.165, 1.54) is 0 Å². The highest BCUT2D eigenvalue weighted by Gasteiger charge is 2.27. The van der Waals surface area contributed by atoms with E-state index in [4.69, 9.17) is 9.47 Å². The van der Waals surface area contributed by atoms with E-state index >= 15 is 0 Å². The number of ether oxygens (including phenoxy) is 2. The first kappa shape index (κ1) is 14.7. The average Bonchev–Trinajstić information content (AvgIpc) is 2.74. The van der Waals surface area contributed by atoms with Gasteiger partial charge >= 0.3 is 5.69 Å². The van der Waals surface area contributed by atoms with E-state index in [0.29, 0.717) is 25.4 Å². The molecule has 1 aliphatic heterocycles. The molecule has 1 saturated heterocycles. The molecule has 0 bridgehead atoms. The minimum Gasteiger partial charge on any atom is -0.470 e. The maximum Gasteiger partial charge on any atom is 0.353 e. The maximum atomic E-state index is 11.1. The molecule has 0 saturated carbocycles. The predicted octanol–water partition coefficient (Wildman–Crippen LogP) is 0.877. The molecule has 20 heavy (non-hydrogen) atoms. The molecule has 2 heterocycles. The molecule has 112 valence electrons. The van der Waals surface area contributed by atoms with Gasteiger partial charge in [0.1, 0.15) is 18.4 Å². The molecule has 0 aliphatic carbocycles. The molecule has 1 unspecified atom stereocenters. The van der Waals surface area contributed by atoms with Crippen molar-refractivity contribution >= 4 is 5.69 Å². The number of nitrogens with zero attached hydrogens (tertiary/aromatic N) is 3. The Morgan fingerprint density at radius 1 is 1.65 bits per heavy atom. The van der Waals surface area contributed by atoms with E-state index in [0.717, 1.165) is 13.0 Å². The Labute approximate surface area is 117 Å². The summed E-state index contributed by atoms with van der Waals surface area (Å²) in [6.45, 7) is 6.62. The van der Waals surface area contributed by atoms with E-state index in [-0.39, 0.29) is 24.3 Å². The summed E-state index contributed by atoms with van der Waals surface area (Å²) in [4.78, 5) is 10.7. The second-order valence-electron chi connectivity index (χ2n) is 4.73. The Morgan fingerprint density at radius 2 is 2.45 bits per heavy atom. The van der Waals surface area contributed by atoms with Crippen molar-refractivity contribution in [3.8, 4) is 5.88 Å². The van der Waals surface area contributed by atoms with E-state index in [1.807, 2.05) is 6.92 Å². The molecule has 8 nitrogen and oxygen atoms in total. The molecule has 1 fully saturated rings. The van der Waals surface area contributed by atoms with Crippen molar-refractivity contribution in [2.45, 2.75) is 32.9 Å². The number of hydrogen-bond donors (Lipinski definition) is 1. The largest absolute Gasteiger partial charge is 0.470 e. The molecule has 0 radical (unpaired) electrons. The number of aromatic nitrogens is 2. The van der Waals surface area contributed by atoms with Crippen LogP contribution in [0.5, 0.6) is 5.88 Å². The van der Waals surface area contributed by atoms with Crippen LogP contribution < -0.4 is 10.1 Å². The van der Waals surface area contributed by atoms with Gasteiger partial charge in [0.15, 0.2) is 0 Å². The first-order chi connectivity index (χ1) is 9.63. The van der Waals surface area contributed by atoms with Gasteiger partial charge in [0.05, 0.1) is 11.5 Å². The Balaban J connectivity index is 2.12. The van der Waals surface area contributed by atoms with Crippen LogP contribution in [0.4, 0.5) is 5.69 Å². The van der Waals surface area contributed by atoms with Crippen molar-refractivity contribution in [3.05, 3.63) is 15.8 Å². The summed E-state index contributed by atoms with van der Waals surface area (Å²) in [5.74, 6) is 0.225. The standard InChI is InChI=1S/C12H20N4O4/c1-3-5-15-12(11(16(17)18)9(2)14-15)20-8-10-7-13-4-6-19-10/h10,13H,3-8H2,1-2H3. The van der Waals surface area contributed by atoms with E-state index in [9.17, 15) is 10.1 Å². The highest BCUT2D eigenvalue weighted by Crippen LogP contribution is 2.30. The minimum atomic E-state index is -0.441. The van der Waals surface area contributed by atoms with Crippen LogP contribution in [-0.2, 0) is 11.3 Å². The van der Waals surface area contributed by atoms with Crippen LogP contribution in [0.1, 0.15) is 19.0 Å². The third-order valence-electron chi connectivity index (χ3n) is 3.08. The fraction of sp³-hybridized carbons (Fsp3) is 0.750. The average molecular weight is 284 g/mol. The van der Waals surface area contributed by atoms with Gasteiger partial charge in [-0.1, -0.05) is 6.92 Å². The topological polar surface area (TPSA) is 91.5 Å². The second-order valence-corrected chi connectivity index (χ2v) is 4.73. The van der Waals surface area contributed by atoms with Gasteiger partial charge in [0, 0.05) is 19.6 Å².